The summed E-state index contributed by atoms with van der Waals surface area (Å²) in [4.78, 5) is 22.1. The van der Waals surface area contributed by atoms with Gasteiger partial charge >= 0.3 is 5.97 Å². The van der Waals surface area contributed by atoms with Gasteiger partial charge in [-0.1, -0.05) is 97.1 Å². The Hall–Kier alpha value is -7.49. The van der Waals surface area contributed by atoms with E-state index in [4.69, 9.17) is 14.2 Å². The lowest BCUT2D eigenvalue weighted by Gasteiger charge is -2.11. The van der Waals surface area contributed by atoms with E-state index < -0.39 is 5.97 Å². The summed E-state index contributed by atoms with van der Waals surface area (Å²) in [6.07, 6.45) is 0. The van der Waals surface area contributed by atoms with Crippen LogP contribution in [0.15, 0.2) is 204 Å². The first-order chi connectivity index (χ1) is 26.7. The van der Waals surface area contributed by atoms with Gasteiger partial charge in [0.15, 0.2) is 0 Å². The van der Waals surface area contributed by atoms with Crippen molar-refractivity contribution in [2.75, 3.05) is 6.79 Å². The van der Waals surface area contributed by atoms with E-state index in [0.717, 1.165) is 44.8 Å². The maximum Gasteiger partial charge on any atom is 0.343 e. The van der Waals surface area contributed by atoms with E-state index in [1.807, 2.05) is 158 Å². The zero-order valence-electron chi connectivity index (χ0n) is 29.2. The summed E-state index contributed by atoms with van der Waals surface area (Å²) in [6, 6.07) is 61.1. The number of ether oxygens (including phenoxy) is 3. The van der Waals surface area contributed by atoms with Gasteiger partial charge in [0.2, 0.25) is 6.79 Å². The summed E-state index contributed by atoms with van der Waals surface area (Å²) >= 11 is 0. The number of hydrogen-bond acceptors (Lipinski definition) is 6. The Morgan fingerprint density at radius 1 is 0.389 bits per heavy atom. The van der Waals surface area contributed by atoms with Crippen LogP contribution in [0.2, 0.25) is 0 Å². The summed E-state index contributed by atoms with van der Waals surface area (Å²) in [7, 11) is 0. The smallest absolute Gasteiger partial charge is 0.343 e. The molecule has 0 heterocycles. The Balaban J connectivity index is 0.950. The Morgan fingerprint density at radius 3 is 1.13 bits per heavy atom. The van der Waals surface area contributed by atoms with Crippen molar-refractivity contribution in [3.63, 3.8) is 0 Å². The molecule has 6 nitrogen and oxygen atoms in total. The molecule has 0 aliphatic heterocycles. The predicted octanol–water partition coefficient (Wildman–Crippen LogP) is 11.2. The van der Waals surface area contributed by atoms with Crippen LogP contribution in [-0.2, 0) is 0 Å². The molecule has 7 aromatic carbocycles. The number of rotatable bonds is 12. The molecule has 0 aromatic heterocycles. The molecule has 0 aliphatic rings. The first-order valence-corrected chi connectivity index (χ1v) is 17.3. The van der Waals surface area contributed by atoms with Crippen LogP contribution in [0.25, 0.3) is 11.1 Å². The summed E-state index contributed by atoms with van der Waals surface area (Å²) in [5.41, 5.74) is 7.55. The number of nitrogens with zero attached hydrogens (tertiary/aromatic N) is 2. The van der Waals surface area contributed by atoms with Gasteiger partial charge in [-0.15, -0.1) is 0 Å². The lowest BCUT2D eigenvalue weighted by Crippen LogP contribution is -2.09. The summed E-state index contributed by atoms with van der Waals surface area (Å²) in [5, 5.41) is 0. The minimum absolute atomic E-state index is 0.0121. The third-order valence-electron chi connectivity index (χ3n) is 8.27. The lowest BCUT2D eigenvalue weighted by atomic mass is 9.99. The molecule has 7 rings (SSSR count). The van der Waals surface area contributed by atoms with Crippen LogP contribution in [0.3, 0.4) is 0 Å². The average Bonchev–Trinajstić information content (AvgIpc) is 3.24. The highest BCUT2D eigenvalue weighted by Gasteiger charge is 2.11. The van der Waals surface area contributed by atoms with E-state index in [1.165, 1.54) is 0 Å². The number of hydrogen-bond donors (Lipinski definition) is 0. The van der Waals surface area contributed by atoms with Crippen molar-refractivity contribution in [3.05, 3.63) is 222 Å². The van der Waals surface area contributed by atoms with Gasteiger partial charge in [-0.25, -0.2) is 14.8 Å². The minimum atomic E-state index is -0.479. The number of aliphatic imine (C=N–C) groups is 2. The number of esters is 1. The Bertz CT molecular complexity index is 2420. The van der Waals surface area contributed by atoms with Crippen LogP contribution in [0, 0.1) is 0 Å². The molecule has 0 radical (unpaired) electrons. The predicted molar refractivity (Wildman–Crippen MR) is 215 cm³/mol. The number of benzene rings is 7. The molecule has 260 valence electrons. The molecule has 54 heavy (non-hydrogen) atoms. The van der Waals surface area contributed by atoms with E-state index in [2.05, 4.69) is 21.7 Å². The fraction of sp³-hybridized carbons (Fsp3) is 0.0208. The molecule has 0 N–H and O–H groups in total. The number of para-hydroxylation sites is 2. The molecular formula is C48H34N2O4. The third kappa shape index (κ3) is 9.43. The summed E-state index contributed by atoms with van der Waals surface area (Å²) in [5.74, 6) is 7.59. The largest absolute Gasteiger partial charge is 0.458 e. The van der Waals surface area contributed by atoms with Crippen molar-refractivity contribution < 1.29 is 19.0 Å². The van der Waals surface area contributed by atoms with E-state index in [-0.39, 0.29) is 6.79 Å². The fourth-order valence-corrected chi connectivity index (χ4v) is 5.47. The first-order valence-electron chi connectivity index (χ1n) is 17.3. The highest BCUT2D eigenvalue weighted by atomic mass is 16.7. The molecule has 0 spiro atoms. The molecule has 0 amide bonds. The second-order valence-corrected chi connectivity index (χ2v) is 12.0. The molecular weight excluding hydrogens is 669 g/mol. The number of carbonyl (C=O) groups excluding carboxylic acids is 1. The van der Waals surface area contributed by atoms with E-state index >= 15 is 0 Å². The standard InChI is InChI=1S/C48H34N2O4/c51-48(54-45-31-23-39(24-32-45)47(37-15-7-2-8-16-37)34-50-42-19-11-4-12-20-42)40-25-29-44(30-26-40)53-35-52-43-27-21-38(22-28-43)46(36-13-5-1-6-14-36)33-49-41-17-9-3-10-18-41/h1-32H,35H2. The van der Waals surface area contributed by atoms with Crippen molar-refractivity contribution in [2.45, 2.75) is 0 Å². The third-order valence-corrected chi connectivity index (χ3v) is 8.27. The minimum Gasteiger partial charge on any atom is -0.458 e. The molecule has 0 atom stereocenters. The van der Waals surface area contributed by atoms with Gasteiger partial charge < -0.3 is 14.2 Å². The maximum absolute atomic E-state index is 13.0. The van der Waals surface area contributed by atoms with Crippen LogP contribution in [0.5, 0.6) is 17.2 Å². The Kier molecular flexibility index (Phi) is 11.4. The van der Waals surface area contributed by atoms with Gasteiger partial charge in [-0.3, -0.25) is 0 Å². The number of carbonyl (C=O) groups is 1. The van der Waals surface area contributed by atoms with Gasteiger partial charge in [-0.05, 0) is 131 Å². The molecule has 0 fully saturated rings. The van der Waals surface area contributed by atoms with E-state index in [0.29, 0.717) is 22.8 Å². The quantitative estimate of drug-likeness (QED) is 0.0550. The fourth-order valence-electron chi connectivity index (χ4n) is 5.47. The van der Waals surface area contributed by atoms with Gasteiger partial charge in [0.1, 0.15) is 17.2 Å². The zero-order valence-corrected chi connectivity index (χ0v) is 29.2. The van der Waals surface area contributed by atoms with E-state index in [9.17, 15) is 4.79 Å². The SMILES string of the molecule is O=C(Oc1ccc(C(=C=Nc2ccccc2)c2ccccc2)cc1)c1ccc(OCOc2ccc(C(=C=Nc3ccccc3)c3ccccc3)cc2)cc1. The average molecular weight is 703 g/mol. The second-order valence-electron chi connectivity index (χ2n) is 12.0. The molecule has 0 saturated heterocycles. The van der Waals surface area contributed by atoms with Crippen molar-refractivity contribution in [1.82, 2.24) is 0 Å². The highest BCUT2D eigenvalue weighted by Crippen LogP contribution is 2.26. The maximum atomic E-state index is 13.0. The van der Waals surface area contributed by atoms with Gasteiger partial charge in [0, 0.05) is 0 Å². The van der Waals surface area contributed by atoms with E-state index in [1.54, 1.807) is 36.4 Å². The van der Waals surface area contributed by atoms with Crippen molar-refractivity contribution in [1.29, 1.82) is 0 Å². The lowest BCUT2D eigenvalue weighted by molar-refractivity contribution is 0.0734. The van der Waals surface area contributed by atoms with Gasteiger partial charge in [0.25, 0.3) is 0 Å². The normalized spacial score (nSPS) is 10.2. The zero-order chi connectivity index (χ0) is 36.8. The Morgan fingerprint density at radius 2 is 0.722 bits per heavy atom. The monoisotopic (exact) mass is 702 g/mol. The highest BCUT2D eigenvalue weighted by molar-refractivity contribution is 6.00. The molecule has 0 unspecified atom stereocenters. The summed E-state index contributed by atoms with van der Waals surface area (Å²) in [6.45, 7) is -0.0121. The van der Waals surface area contributed by atoms with Gasteiger partial charge in [-0.2, -0.15) is 0 Å². The molecule has 0 aliphatic carbocycles. The summed E-state index contributed by atoms with van der Waals surface area (Å²) < 4.78 is 17.3. The van der Waals surface area contributed by atoms with Crippen molar-refractivity contribution in [3.8, 4) is 17.2 Å². The Labute approximate surface area is 314 Å². The van der Waals surface area contributed by atoms with Crippen molar-refractivity contribution >= 4 is 40.2 Å². The van der Waals surface area contributed by atoms with Crippen LogP contribution < -0.4 is 14.2 Å². The topological polar surface area (TPSA) is 69.5 Å². The second kappa shape index (κ2) is 17.6. The first kappa shape index (κ1) is 34.9. The molecule has 7 aromatic rings. The molecule has 6 heteroatoms. The molecule has 0 bridgehead atoms. The van der Waals surface area contributed by atoms with Crippen LogP contribution in [0.1, 0.15) is 32.6 Å². The molecule has 0 saturated carbocycles. The van der Waals surface area contributed by atoms with Crippen molar-refractivity contribution in [2.24, 2.45) is 9.98 Å². The van der Waals surface area contributed by atoms with Crippen LogP contribution in [-0.4, -0.2) is 24.5 Å². The van der Waals surface area contributed by atoms with Crippen LogP contribution in [0.4, 0.5) is 11.4 Å². The van der Waals surface area contributed by atoms with Gasteiger partial charge in [0.05, 0.1) is 28.1 Å². The van der Waals surface area contributed by atoms with Crippen LogP contribution >= 0.6 is 0 Å².